The molecule has 0 bridgehead atoms. The van der Waals surface area contributed by atoms with Crippen molar-refractivity contribution in [2.45, 2.75) is 13.5 Å². The van der Waals surface area contributed by atoms with E-state index in [9.17, 15) is 9.59 Å². The van der Waals surface area contributed by atoms with Crippen molar-refractivity contribution < 1.29 is 4.74 Å². The maximum Gasteiger partial charge on any atom is 0.336 e. The highest BCUT2D eigenvalue weighted by molar-refractivity contribution is 6.30. The van der Waals surface area contributed by atoms with Crippen LogP contribution in [0.5, 0.6) is 5.75 Å². The summed E-state index contributed by atoms with van der Waals surface area (Å²) < 4.78 is 10.2. The predicted octanol–water partition coefficient (Wildman–Crippen LogP) is 4.66. The molecule has 0 saturated heterocycles. The minimum absolute atomic E-state index is 0.262. The zero-order valence-electron chi connectivity index (χ0n) is 18.5. The highest BCUT2D eigenvalue weighted by Gasteiger charge is 2.22. The minimum Gasteiger partial charge on any atom is -0.497 e. The summed E-state index contributed by atoms with van der Waals surface area (Å²) >= 11 is 6.21. The normalized spacial score (nSPS) is 11.4. The van der Waals surface area contributed by atoms with Crippen molar-refractivity contribution in [2.24, 2.45) is 7.05 Å². The smallest absolute Gasteiger partial charge is 0.336 e. The standard InChI is InChI=1S/C26H22ClN3O3/c1-16-6-4-9-19(12-16)30-25(31)24-23(21-14-20(33-3)10-11-22(21)28(24)2)29(26(30)32)15-17-7-5-8-18(27)13-17/h4-14H,15H2,1-3H3. The molecule has 2 aromatic heterocycles. The van der Waals surface area contributed by atoms with E-state index in [1.165, 1.54) is 4.57 Å². The number of hydrogen-bond acceptors (Lipinski definition) is 3. The molecule has 2 heterocycles. The molecule has 0 saturated carbocycles. The first-order valence-corrected chi connectivity index (χ1v) is 10.9. The monoisotopic (exact) mass is 459 g/mol. The number of halogens is 1. The van der Waals surface area contributed by atoms with Crippen molar-refractivity contribution in [1.82, 2.24) is 13.7 Å². The molecule has 0 fully saturated rings. The third-order valence-corrected chi connectivity index (χ3v) is 6.20. The van der Waals surface area contributed by atoms with Crippen molar-refractivity contribution in [3.8, 4) is 11.4 Å². The van der Waals surface area contributed by atoms with Gasteiger partial charge in [0.15, 0.2) is 0 Å². The Balaban J connectivity index is 1.95. The summed E-state index contributed by atoms with van der Waals surface area (Å²) in [5.41, 5.74) is 3.45. The highest BCUT2D eigenvalue weighted by Crippen LogP contribution is 2.29. The van der Waals surface area contributed by atoms with Gasteiger partial charge in [-0.3, -0.25) is 9.36 Å². The molecule has 0 atom stereocenters. The number of aryl methyl sites for hydroxylation is 2. The van der Waals surface area contributed by atoms with Gasteiger partial charge in [0.2, 0.25) is 0 Å². The fourth-order valence-corrected chi connectivity index (χ4v) is 4.63. The first-order chi connectivity index (χ1) is 15.9. The molecule has 5 aromatic rings. The predicted molar refractivity (Wildman–Crippen MR) is 132 cm³/mol. The Labute approximate surface area is 194 Å². The van der Waals surface area contributed by atoms with Crippen LogP contribution in [0.3, 0.4) is 0 Å². The lowest BCUT2D eigenvalue weighted by atomic mass is 10.2. The summed E-state index contributed by atoms with van der Waals surface area (Å²) in [5.74, 6) is 0.652. The Hall–Kier alpha value is -3.77. The molecule has 0 radical (unpaired) electrons. The van der Waals surface area contributed by atoms with Gasteiger partial charge in [0.1, 0.15) is 11.3 Å². The molecular formula is C26H22ClN3O3. The lowest BCUT2D eigenvalue weighted by Crippen LogP contribution is -2.39. The molecule has 5 rings (SSSR count). The zero-order valence-corrected chi connectivity index (χ0v) is 19.3. The molecule has 166 valence electrons. The summed E-state index contributed by atoms with van der Waals surface area (Å²) in [5, 5.41) is 1.36. The molecule has 0 aliphatic heterocycles. The van der Waals surface area contributed by atoms with Gasteiger partial charge in [0, 0.05) is 17.5 Å². The molecule has 6 nitrogen and oxygen atoms in total. The van der Waals surface area contributed by atoms with Gasteiger partial charge in [-0.2, -0.15) is 0 Å². The summed E-state index contributed by atoms with van der Waals surface area (Å²) in [6.45, 7) is 2.19. The largest absolute Gasteiger partial charge is 0.497 e. The van der Waals surface area contributed by atoms with Crippen LogP contribution in [0.25, 0.3) is 27.6 Å². The van der Waals surface area contributed by atoms with Crippen molar-refractivity contribution in [1.29, 1.82) is 0 Å². The molecule has 0 aliphatic carbocycles. The first-order valence-electron chi connectivity index (χ1n) is 10.5. The second-order valence-electron chi connectivity index (χ2n) is 8.12. The van der Waals surface area contributed by atoms with Gasteiger partial charge in [-0.15, -0.1) is 0 Å². The van der Waals surface area contributed by atoms with Gasteiger partial charge in [0.05, 0.1) is 30.4 Å². The number of benzene rings is 3. The average molecular weight is 460 g/mol. The Morgan fingerprint density at radius 3 is 2.45 bits per heavy atom. The molecule has 3 aromatic carbocycles. The second-order valence-corrected chi connectivity index (χ2v) is 8.55. The van der Waals surface area contributed by atoms with E-state index < -0.39 is 5.69 Å². The van der Waals surface area contributed by atoms with E-state index in [-0.39, 0.29) is 12.1 Å². The zero-order chi connectivity index (χ0) is 23.3. The minimum atomic E-state index is -0.409. The molecule has 0 spiro atoms. The molecular weight excluding hydrogens is 438 g/mol. The lowest BCUT2D eigenvalue weighted by molar-refractivity contribution is 0.415. The van der Waals surface area contributed by atoms with E-state index in [2.05, 4.69) is 0 Å². The van der Waals surface area contributed by atoms with E-state index in [0.717, 1.165) is 22.0 Å². The van der Waals surface area contributed by atoms with Gasteiger partial charge in [0.25, 0.3) is 5.56 Å². The fourth-order valence-electron chi connectivity index (χ4n) is 4.42. The number of nitrogens with zero attached hydrogens (tertiary/aromatic N) is 3. The maximum atomic E-state index is 13.9. The van der Waals surface area contributed by atoms with Gasteiger partial charge >= 0.3 is 5.69 Å². The Bertz CT molecular complexity index is 1660. The van der Waals surface area contributed by atoms with Crippen LogP contribution in [-0.4, -0.2) is 20.8 Å². The molecule has 33 heavy (non-hydrogen) atoms. The topological polar surface area (TPSA) is 58.2 Å². The van der Waals surface area contributed by atoms with Crippen LogP contribution >= 0.6 is 11.6 Å². The van der Waals surface area contributed by atoms with Crippen LogP contribution < -0.4 is 16.0 Å². The van der Waals surface area contributed by atoms with E-state index in [1.807, 2.05) is 73.1 Å². The number of methoxy groups -OCH3 is 1. The van der Waals surface area contributed by atoms with E-state index in [1.54, 1.807) is 23.8 Å². The molecule has 7 heteroatoms. The SMILES string of the molecule is COc1ccc2c(c1)c1c(c(=O)n(-c3cccc(C)c3)c(=O)n1Cc1cccc(Cl)c1)n2C. The van der Waals surface area contributed by atoms with Gasteiger partial charge in [-0.1, -0.05) is 35.9 Å². The third kappa shape index (κ3) is 3.43. The third-order valence-electron chi connectivity index (χ3n) is 5.97. The Kier molecular flexibility index (Phi) is 5.10. The van der Waals surface area contributed by atoms with Crippen LogP contribution in [0.4, 0.5) is 0 Å². The summed E-state index contributed by atoms with van der Waals surface area (Å²) in [6, 6.07) is 20.4. The molecule has 0 amide bonds. The number of hydrogen-bond donors (Lipinski definition) is 0. The number of aromatic nitrogens is 3. The van der Waals surface area contributed by atoms with Crippen molar-refractivity contribution in [2.75, 3.05) is 7.11 Å². The van der Waals surface area contributed by atoms with Crippen LogP contribution in [0, 0.1) is 6.92 Å². The second kappa shape index (κ2) is 7.98. The highest BCUT2D eigenvalue weighted by atomic mass is 35.5. The van der Waals surface area contributed by atoms with Gasteiger partial charge < -0.3 is 9.30 Å². The fraction of sp³-hybridized carbons (Fsp3) is 0.154. The van der Waals surface area contributed by atoms with Crippen LogP contribution in [-0.2, 0) is 13.6 Å². The van der Waals surface area contributed by atoms with Crippen LogP contribution in [0.2, 0.25) is 5.02 Å². The average Bonchev–Trinajstić information content (AvgIpc) is 3.09. The number of ether oxygens (including phenoxy) is 1. The molecule has 0 N–H and O–H groups in total. The van der Waals surface area contributed by atoms with Crippen LogP contribution in [0.1, 0.15) is 11.1 Å². The van der Waals surface area contributed by atoms with Gasteiger partial charge in [-0.05, 0) is 60.5 Å². The van der Waals surface area contributed by atoms with Crippen molar-refractivity contribution in [3.63, 3.8) is 0 Å². The quantitative estimate of drug-likeness (QED) is 0.392. The van der Waals surface area contributed by atoms with Gasteiger partial charge in [-0.25, -0.2) is 9.36 Å². The summed E-state index contributed by atoms with van der Waals surface area (Å²) in [7, 11) is 3.43. The summed E-state index contributed by atoms with van der Waals surface area (Å²) in [4.78, 5) is 27.6. The first kappa shape index (κ1) is 21.1. The Morgan fingerprint density at radius 1 is 0.939 bits per heavy atom. The molecule has 0 aliphatic rings. The van der Waals surface area contributed by atoms with Crippen molar-refractivity contribution >= 4 is 33.5 Å². The Morgan fingerprint density at radius 2 is 1.73 bits per heavy atom. The van der Waals surface area contributed by atoms with E-state index >= 15 is 0 Å². The summed E-state index contributed by atoms with van der Waals surface area (Å²) in [6.07, 6.45) is 0. The van der Waals surface area contributed by atoms with E-state index in [4.69, 9.17) is 16.3 Å². The number of rotatable bonds is 4. The van der Waals surface area contributed by atoms with E-state index in [0.29, 0.717) is 27.5 Å². The van der Waals surface area contributed by atoms with Crippen molar-refractivity contribution in [3.05, 3.63) is 104 Å². The van der Waals surface area contributed by atoms with Crippen LogP contribution in [0.15, 0.2) is 76.3 Å². The molecule has 0 unspecified atom stereocenters. The lowest BCUT2D eigenvalue weighted by Gasteiger charge is -2.14. The number of fused-ring (bicyclic) bond motifs is 3. The maximum absolute atomic E-state index is 13.9.